The largest absolute Gasteiger partial charge is 0.494 e. The summed E-state index contributed by atoms with van der Waals surface area (Å²) in [7, 11) is 4.09. The molecule has 1 atom stereocenters. The van der Waals surface area contributed by atoms with Crippen molar-refractivity contribution in [2.45, 2.75) is 39.2 Å². The van der Waals surface area contributed by atoms with Gasteiger partial charge in [0.25, 0.3) is 5.91 Å². The fourth-order valence-corrected chi connectivity index (χ4v) is 2.12. The van der Waals surface area contributed by atoms with E-state index < -0.39 is 5.60 Å². The lowest BCUT2D eigenvalue weighted by molar-refractivity contribution is -0.139. The van der Waals surface area contributed by atoms with Gasteiger partial charge in [-0.25, -0.2) is 0 Å². The molecule has 0 radical (unpaired) electrons. The second kappa shape index (κ2) is 9.53. The summed E-state index contributed by atoms with van der Waals surface area (Å²) in [6, 6.07) is 7.44. The van der Waals surface area contributed by atoms with Crippen LogP contribution in [0.5, 0.6) is 5.75 Å². The lowest BCUT2D eigenvalue weighted by Crippen LogP contribution is -2.42. The maximum absolute atomic E-state index is 12.3. The number of amides is 1. The molecule has 130 valence electrons. The Kier molecular flexibility index (Phi) is 8.06. The zero-order valence-corrected chi connectivity index (χ0v) is 15.0. The van der Waals surface area contributed by atoms with Crippen LogP contribution in [0.3, 0.4) is 0 Å². The van der Waals surface area contributed by atoms with E-state index in [9.17, 15) is 4.79 Å². The number of hydrogen-bond donors (Lipinski definition) is 1. The average molecular weight is 322 g/mol. The molecule has 0 aliphatic heterocycles. The van der Waals surface area contributed by atoms with Crippen molar-refractivity contribution in [3.8, 4) is 5.75 Å². The predicted octanol–water partition coefficient (Wildman–Crippen LogP) is 3.16. The van der Waals surface area contributed by atoms with Gasteiger partial charge in [0, 0.05) is 18.8 Å². The zero-order valence-electron chi connectivity index (χ0n) is 15.0. The van der Waals surface area contributed by atoms with Crippen LogP contribution in [0.15, 0.2) is 24.3 Å². The van der Waals surface area contributed by atoms with Crippen molar-refractivity contribution >= 4 is 11.6 Å². The minimum absolute atomic E-state index is 0.124. The summed E-state index contributed by atoms with van der Waals surface area (Å²) in [5.74, 6) is 0.686. The van der Waals surface area contributed by atoms with Gasteiger partial charge in [-0.3, -0.25) is 4.79 Å². The number of nitrogens with one attached hydrogen (secondary N) is 1. The van der Waals surface area contributed by atoms with Crippen molar-refractivity contribution in [3.63, 3.8) is 0 Å². The highest BCUT2D eigenvalue weighted by Gasteiger charge is 2.31. The molecule has 1 aromatic carbocycles. The van der Waals surface area contributed by atoms with Gasteiger partial charge >= 0.3 is 0 Å². The Balaban J connectivity index is 2.51. The quantitative estimate of drug-likeness (QED) is 0.672. The third-order valence-electron chi connectivity index (χ3n) is 3.75. The lowest BCUT2D eigenvalue weighted by Gasteiger charge is -2.26. The number of ether oxygens (including phenoxy) is 2. The Hall–Kier alpha value is -1.59. The Morgan fingerprint density at radius 3 is 2.39 bits per heavy atom. The first-order valence-corrected chi connectivity index (χ1v) is 8.24. The fourth-order valence-electron chi connectivity index (χ4n) is 2.12. The van der Waals surface area contributed by atoms with Crippen LogP contribution in [0, 0.1) is 0 Å². The molecular weight excluding hydrogens is 292 g/mol. The maximum Gasteiger partial charge on any atom is 0.256 e. The molecule has 0 bridgehead atoms. The van der Waals surface area contributed by atoms with Gasteiger partial charge in [0.2, 0.25) is 0 Å². The Bertz CT molecular complexity index is 474. The van der Waals surface area contributed by atoms with Crippen molar-refractivity contribution in [3.05, 3.63) is 24.3 Å². The van der Waals surface area contributed by atoms with E-state index in [0.717, 1.165) is 24.4 Å². The first kappa shape index (κ1) is 19.5. The number of carbonyl (C=O) groups is 1. The molecule has 0 fully saturated rings. The molecule has 1 aromatic rings. The Labute approximate surface area is 140 Å². The number of carbonyl (C=O) groups excluding carboxylic acids is 1. The summed E-state index contributed by atoms with van der Waals surface area (Å²) in [5.41, 5.74) is -0.0501. The summed E-state index contributed by atoms with van der Waals surface area (Å²) >= 11 is 0. The number of benzene rings is 1. The fraction of sp³-hybridized carbons (Fsp3) is 0.611. The van der Waals surface area contributed by atoms with E-state index in [4.69, 9.17) is 9.47 Å². The molecular formula is C18H30N2O3. The molecule has 0 aliphatic rings. The first-order chi connectivity index (χ1) is 10.9. The molecule has 5 nitrogen and oxygen atoms in total. The molecule has 0 unspecified atom stereocenters. The molecule has 23 heavy (non-hydrogen) atoms. The van der Waals surface area contributed by atoms with Gasteiger partial charge in [-0.2, -0.15) is 0 Å². The van der Waals surface area contributed by atoms with E-state index in [1.165, 1.54) is 0 Å². The van der Waals surface area contributed by atoms with E-state index in [2.05, 4.69) is 10.2 Å². The maximum atomic E-state index is 12.3. The van der Waals surface area contributed by atoms with Crippen LogP contribution in [0.25, 0.3) is 0 Å². The first-order valence-electron chi connectivity index (χ1n) is 8.24. The molecule has 0 aliphatic carbocycles. The monoisotopic (exact) mass is 322 g/mol. The van der Waals surface area contributed by atoms with Crippen molar-refractivity contribution < 1.29 is 14.3 Å². The molecule has 1 N–H and O–H groups in total. The van der Waals surface area contributed by atoms with Gasteiger partial charge in [-0.05, 0) is 65.0 Å². The van der Waals surface area contributed by atoms with E-state index in [-0.39, 0.29) is 5.91 Å². The highest BCUT2D eigenvalue weighted by Crippen LogP contribution is 2.20. The van der Waals surface area contributed by atoms with Crippen LogP contribution in [-0.2, 0) is 9.53 Å². The molecule has 0 aromatic heterocycles. The number of hydrogen-bond acceptors (Lipinski definition) is 4. The topological polar surface area (TPSA) is 50.8 Å². The van der Waals surface area contributed by atoms with Gasteiger partial charge < -0.3 is 19.7 Å². The lowest BCUT2D eigenvalue weighted by atomic mass is 10.0. The SMILES string of the molecule is CCO[C@](C)(CC)C(=O)Nc1ccc(OCCCN(C)C)cc1. The van der Waals surface area contributed by atoms with Crippen LogP contribution >= 0.6 is 0 Å². The van der Waals surface area contributed by atoms with E-state index in [1.54, 1.807) is 0 Å². The molecule has 0 spiro atoms. The van der Waals surface area contributed by atoms with Crippen molar-refractivity contribution in [2.24, 2.45) is 0 Å². The zero-order chi connectivity index (χ0) is 17.3. The van der Waals surface area contributed by atoms with Crippen LogP contribution in [0.1, 0.15) is 33.6 Å². The second-order valence-electron chi connectivity index (χ2n) is 6.00. The minimum atomic E-state index is -0.796. The summed E-state index contributed by atoms with van der Waals surface area (Å²) in [4.78, 5) is 14.5. The average Bonchev–Trinajstić information content (AvgIpc) is 2.53. The molecule has 1 rings (SSSR count). The molecule has 5 heteroatoms. The van der Waals surface area contributed by atoms with Gasteiger partial charge in [0.15, 0.2) is 0 Å². The Morgan fingerprint density at radius 2 is 1.87 bits per heavy atom. The highest BCUT2D eigenvalue weighted by molar-refractivity contribution is 5.97. The minimum Gasteiger partial charge on any atom is -0.494 e. The third kappa shape index (κ3) is 6.59. The predicted molar refractivity (Wildman–Crippen MR) is 94.1 cm³/mol. The molecule has 0 saturated heterocycles. The van der Waals surface area contributed by atoms with Gasteiger partial charge in [-0.15, -0.1) is 0 Å². The highest BCUT2D eigenvalue weighted by atomic mass is 16.5. The van der Waals surface area contributed by atoms with Gasteiger partial charge in [0.1, 0.15) is 11.4 Å². The molecule has 1 amide bonds. The standard InChI is InChI=1S/C18H30N2O3/c1-6-18(3,23-7-2)17(21)19-15-9-11-16(12-10-15)22-14-8-13-20(4)5/h9-12H,6-8,13-14H2,1-5H3,(H,19,21)/t18-/m1/s1. The summed E-state index contributed by atoms with van der Waals surface area (Å²) in [6.45, 7) is 7.85. The van der Waals surface area contributed by atoms with Crippen molar-refractivity contribution in [1.29, 1.82) is 0 Å². The third-order valence-corrected chi connectivity index (χ3v) is 3.75. The van der Waals surface area contributed by atoms with E-state index in [1.807, 2.05) is 59.1 Å². The van der Waals surface area contributed by atoms with E-state index in [0.29, 0.717) is 19.6 Å². The van der Waals surface area contributed by atoms with Crippen LogP contribution in [0.4, 0.5) is 5.69 Å². The van der Waals surface area contributed by atoms with Crippen LogP contribution < -0.4 is 10.1 Å². The van der Waals surface area contributed by atoms with Crippen molar-refractivity contribution in [1.82, 2.24) is 4.90 Å². The Morgan fingerprint density at radius 1 is 1.22 bits per heavy atom. The summed E-state index contributed by atoms with van der Waals surface area (Å²) < 4.78 is 11.3. The number of rotatable bonds is 10. The molecule has 0 heterocycles. The van der Waals surface area contributed by atoms with Crippen LogP contribution in [0.2, 0.25) is 0 Å². The number of nitrogens with zero attached hydrogens (tertiary/aromatic N) is 1. The van der Waals surface area contributed by atoms with Gasteiger partial charge in [0.05, 0.1) is 6.61 Å². The smallest absolute Gasteiger partial charge is 0.256 e. The summed E-state index contributed by atoms with van der Waals surface area (Å²) in [5, 5.41) is 2.90. The summed E-state index contributed by atoms with van der Waals surface area (Å²) in [6.07, 6.45) is 1.61. The van der Waals surface area contributed by atoms with Gasteiger partial charge in [-0.1, -0.05) is 6.92 Å². The second-order valence-corrected chi connectivity index (χ2v) is 6.00. The number of anilines is 1. The normalized spacial score (nSPS) is 13.7. The van der Waals surface area contributed by atoms with Crippen LogP contribution in [-0.4, -0.2) is 50.3 Å². The van der Waals surface area contributed by atoms with Crippen molar-refractivity contribution in [2.75, 3.05) is 39.2 Å². The van der Waals surface area contributed by atoms with E-state index >= 15 is 0 Å². The molecule has 0 saturated carbocycles.